The number of nitrogens with one attached hydrogen (secondary N) is 1. The van der Waals surface area contributed by atoms with Gasteiger partial charge in [0.15, 0.2) is 5.13 Å². The van der Waals surface area contributed by atoms with Crippen LogP contribution in [-0.4, -0.2) is 59.0 Å². The van der Waals surface area contributed by atoms with Crippen molar-refractivity contribution >= 4 is 28.2 Å². The second-order valence-corrected chi connectivity index (χ2v) is 6.16. The van der Waals surface area contributed by atoms with E-state index in [1.807, 2.05) is 12.3 Å². The van der Waals surface area contributed by atoms with Crippen LogP contribution < -0.4 is 10.2 Å². The molecule has 1 saturated heterocycles. The molecule has 0 unspecified atom stereocenters. The average Bonchev–Trinajstić information content (AvgIpc) is 2.93. The van der Waals surface area contributed by atoms with E-state index < -0.39 is 0 Å². The summed E-state index contributed by atoms with van der Waals surface area (Å²) in [4.78, 5) is 29.3. The van der Waals surface area contributed by atoms with Crippen molar-refractivity contribution in [2.75, 3.05) is 43.4 Å². The van der Waals surface area contributed by atoms with Gasteiger partial charge < -0.3 is 9.80 Å². The molecular formula is C14H18N6OS. The summed E-state index contributed by atoms with van der Waals surface area (Å²) in [5.41, 5.74) is 1.25. The fourth-order valence-corrected chi connectivity index (χ4v) is 2.94. The highest BCUT2D eigenvalue weighted by molar-refractivity contribution is 7.13. The molecule has 8 heteroatoms. The van der Waals surface area contributed by atoms with Gasteiger partial charge in [-0.15, -0.1) is 11.3 Å². The van der Waals surface area contributed by atoms with E-state index in [4.69, 9.17) is 0 Å². The maximum absolute atomic E-state index is 12.2. The van der Waals surface area contributed by atoms with Crippen LogP contribution >= 0.6 is 11.3 Å². The summed E-state index contributed by atoms with van der Waals surface area (Å²) in [7, 11) is 2.10. The van der Waals surface area contributed by atoms with Crippen molar-refractivity contribution in [3.63, 3.8) is 0 Å². The number of aryl methyl sites for hydroxylation is 1. The number of amides is 1. The molecule has 7 nitrogen and oxygen atoms in total. The highest BCUT2D eigenvalue weighted by atomic mass is 32.1. The number of aromatic nitrogens is 3. The molecule has 1 fully saturated rings. The smallest absolute Gasteiger partial charge is 0.276 e. The van der Waals surface area contributed by atoms with Crippen LogP contribution in [0.15, 0.2) is 17.8 Å². The summed E-state index contributed by atoms with van der Waals surface area (Å²) in [5.74, 6) is 0.538. The van der Waals surface area contributed by atoms with Crippen LogP contribution in [0.2, 0.25) is 0 Å². The maximum atomic E-state index is 12.2. The Bertz CT molecular complexity index is 665. The zero-order valence-corrected chi connectivity index (χ0v) is 13.4. The van der Waals surface area contributed by atoms with Gasteiger partial charge in [0, 0.05) is 37.6 Å². The zero-order valence-electron chi connectivity index (χ0n) is 12.6. The first kappa shape index (κ1) is 14.9. The fraction of sp³-hybridized carbons (Fsp3) is 0.429. The number of nitrogens with zero attached hydrogens (tertiary/aromatic N) is 5. The summed E-state index contributed by atoms with van der Waals surface area (Å²) in [6.07, 6.45) is 1.44. The Kier molecular flexibility index (Phi) is 4.30. The van der Waals surface area contributed by atoms with Gasteiger partial charge >= 0.3 is 0 Å². The van der Waals surface area contributed by atoms with Crippen molar-refractivity contribution in [1.29, 1.82) is 0 Å². The van der Waals surface area contributed by atoms with Gasteiger partial charge in [-0.2, -0.15) is 0 Å². The Hall–Kier alpha value is -2.06. The molecule has 0 saturated carbocycles. The molecular weight excluding hydrogens is 300 g/mol. The lowest BCUT2D eigenvalue weighted by Gasteiger charge is -2.33. The number of anilines is 2. The molecule has 0 aliphatic carbocycles. The normalized spacial score (nSPS) is 15.8. The van der Waals surface area contributed by atoms with Crippen molar-refractivity contribution in [3.05, 3.63) is 29.2 Å². The molecule has 3 heterocycles. The molecule has 0 aromatic carbocycles. The summed E-state index contributed by atoms with van der Waals surface area (Å²) in [5, 5.41) is 5.25. The number of thiazole rings is 1. The minimum atomic E-state index is -0.257. The van der Waals surface area contributed by atoms with Crippen LogP contribution in [-0.2, 0) is 0 Å². The number of hydrogen-bond acceptors (Lipinski definition) is 7. The Morgan fingerprint density at radius 3 is 2.73 bits per heavy atom. The number of carbonyl (C=O) groups excluding carboxylic acids is 1. The van der Waals surface area contributed by atoms with E-state index >= 15 is 0 Å². The lowest BCUT2D eigenvalue weighted by molar-refractivity contribution is 0.102. The summed E-state index contributed by atoms with van der Waals surface area (Å²) in [6.45, 7) is 5.68. The Labute approximate surface area is 133 Å². The van der Waals surface area contributed by atoms with Gasteiger partial charge in [0.2, 0.25) is 0 Å². The molecule has 0 radical (unpaired) electrons. The average molecular weight is 318 g/mol. The predicted molar refractivity (Wildman–Crippen MR) is 86.5 cm³/mol. The lowest BCUT2D eigenvalue weighted by Crippen LogP contribution is -2.44. The Balaban J connectivity index is 1.71. The van der Waals surface area contributed by atoms with Crippen LogP contribution in [0.1, 0.15) is 16.2 Å². The van der Waals surface area contributed by atoms with Crippen molar-refractivity contribution < 1.29 is 4.79 Å². The van der Waals surface area contributed by atoms with Crippen molar-refractivity contribution in [1.82, 2.24) is 19.9 Å². The van der Waals surface area contributed by atoms with Crippen LogP contribution in [0.25, 0.3) is 0 Å². The summed E-state index contributed by atoms with van der Waals surface area (Å²) in [6, 6.07) is 1.74. The highest BCUT2D eigenvalue weighted by Crippen LogP contribution is 2.17. The first-order valence-corrected chi connectivity index (χ1v) is 7.99. The van der Waals surface area contributed by atoms with Crippen molar-refractivity contribution in [2.24, 2.45) is 0 Å². The molecule has 0 atom stereocenters. The van der Waals surface area contributed by atoms with Gasteiger partial charge in [-0.1, -0.05) is 0 Å². The third-order valence-electron chi connectivity index (χ3n) is 3.55. The van der Waals surface area contributed by atoms with Gasteiger partial charge in [-0.25, -0.2) is 15.0 Å². The predicted octanol–water partition coefficient (Wildman–Crippen LogP) is 1.25. The van der Waals surface area contributed by atoms with Gasteiger partial charge in [0.05, 0.1) is 5.69 Å². The SMILES string of the molecule is Cc1csc(NC(=O)c2cc(N3CCN(C)CC3)ncn2)n1. The molecule has 1 N–H and O–H groups in total. The fourth-order valence-electron chi connectivity index (χ4n) is 2.25. The van der Waals surface area contributed by atoms with Crippen LogP contribution in [0, 0.1) is 6.92 Å². The summed E-state index contributed by atoms with van der Waals surface area (Å²) >= 11 is 1.40. The minimum Gasteiger partial charge on any atom is -0.354 e. The number of hydrogen-bond donors (Lipinski definition) is 1. The number of likely N-dealkylation sites (N-methyl/N-ethyl adjacent to an activating group) is 1. The van der Waals surface area contributed by atoms with E-state index in [1.165, 1.54) is 17.7 Å². The van der Waals surface area contributed by atoms with E-state index in [0.717, 1.165) is 37.7 Å². The first-order valence-electron chi connectivity index (χ1n) is 7.11. The third-order valence-corrected chi connectivity index (χ3v) is 4.43. The standard InChI is InChI=1S/C14H18N6OS/c1-10-8-22-14(17-10)18-13(21)11-7-12(16-9-15-11)20-5-3-19(2)4-6-20/h7-9H,3-6H2,1-2H3,(H,17,18,21). The Morgan fingerprint density at radius 1 is 1.27 bits per heavy atom. The number of carbonyl (C=O) groups is 1. The van der Waals surface area contributed by atoms with Crippen LogP contribution in [0.3, 0.4) is 0 Å². The van der Waals surface area contributed by atoms with Crippen molar-refractivity contribution in [2.45, 2.75) is 6.92 Å². The Morgan fingerprint density at radius 2 is 2.05 bits per heavy atom. The first-order chi connectivity index (χ1) is 10.6. The van der Waals surface area contributed by atoms with E-state index in [9.17, 15) is 4.79 Å². The van der Waals surface area contributed by atoms with E-state index in [1.54, 1.807) is 6.07 Å². The van der Waals surface area contributed by atoms with E-state index in [-0.39, 0.29) is 5.91 Å². The van der Waals surface area contributed by atoms with Gasteiger partial charge in [-0.05, 0) is 14.0 Å². The second kappa shape index (κ2) is 6.37. The molecule has 3 rings (SSSR count). The highest BCUT2D eigenvalue weighted by Gasteiger charge is 2.17. The molecule has 0 spiro atoms. The molecule has 22 heavy (non-hydrogen) atoms. The molecule has 1 aliphatic heterocycles. The minimum absolute atomic E-state index is 0.257. The monoisotopic (exact) mass is 318 g/mol. The van der Waals surface area contributed by atoms with Crippen LogP contribution in [0.5, 0.6) is 0 Å². The van der Waals surface area contributed by atoms with E-state index in [0.29, 0.717) is 10.8 Å². The van der Waals surface area contributed by atoms with Gasteiger partial charge in [0.25, 0.3) is 5.91 Å². The largest absolute Gasteiger partial charge is 0.354 e. The van der Waals surface area contributed by atoms with Crippen LogP contribution in [0.4, 0.5) is 10.9 Å². The molecule has 0 bridgehead atoms. The van der Waals surface area contributed by atoms with Gasteiger partial charge in [0.1, 0.15) is 17.8 Å². The molecule has 1 amide bonds. The molecule has 2 aromatic heterocycles. The topological polar surface area (TPSA) is 74.2 Å². The zero-order chi connectivity index (χ0) is 15.5. The molecule has 1 aliphatic rings. The number of piperazine rings is 1. The third kappa shape index (κ3) is 3.40. The maximum Gasteiger partial charge on any atom is 0.276 e. The summed E-state index contributed by atoms with van der Waals surface area (Å²) < 4.78 is 0. The lowest BCUT2D eigenvalue weighted by atomic mass is 10.3. The van der Waals surface area contributed by atoms with Gasteiger partial charge in [-0.3, -0.25) is 10.1 Å². The number of rotatable bonds is 3. The van der Waals surface area contributed by atoms with E-state index in [2.05, 4.69) is 37.1 Å². The second-order valence-electron chi connectivity index (χ2n) is 5.30. The van der Waals surface area contributed by atoms with Crippen molar-refractivity contribution in [3.8, 4) is 0 Å². The molecule has 2 aromatic rings. The quantitative estimate of drug-likeness (QED) is 0.918. The molecule has 116 valence electrons.